The van der Waals surface area contributed by atoms with Crippen LogP contribution in [-0.4, -0.2) is 39.7 Å². The zero-order chi connectivity index (χ0) is 15.8. The number of likely N-dealkylation sites (tertiary alicyclic amines) is 1. The minimum Gasteiger partial charge on any atom is -0.337 e. The standard InChI is InChI=1S/C18H22N4O.ClH/c19-13-9-11-21(12-10-13)18(23)17-15-7-4-8-16(15)22(20-17)14-5-2-1-3-6-14;/h1-3,5-6,13H,4,7-12,19H2;1H. The lowest BCUT2D eigenvalue weighted by Crippen LogP contribution is -2.43. The molecular weight excluding hydrogens is 324 g/mol. The maximum Gasteiger partial charge on any atom is 0.274 e. The highest BCUT2D eigenvalue weighted by Gasteiger charge is 2.30. The van der Waals surface area contributed by atoms with E-state index < -0.39 is 0 Å². The topological polar surface area (TPSA) is 64.2 Å². The number of carbonyl (C=O) groups excluding carboxylic acids is 1. The summed E-state index contributed by atoms with van der Waals surface area (Å²) in [5, 5.41) is 4.69. The molecule has 6 heteroatoms. The third kappa shape index (κ3) is 2.94. The summed E-state index contributed by atoms with van der Waals surface area (Å²) in [6, 6.07) is 10.3. The third-order valence-electron chi connectivity index (χ3n) is 4.96. The average molecular weight is 347 g/mol. The Hall–Kier alpha value is -1.85. The molecule has 1 aliphatic heterocycles. The zero-order valence-electron chi connectivity index (χ0n) is 13.6. The van der Waals surface area contributed by atoms with Gasteiger partial charge in [0, 0.05) is 30.4 Å². The van der Waals surface area contributed by atoms with Gasteiger partial charge in [-0.2, -0.15) is 5.10 Å². The van der Waals surface area contributed by atoms with Crippen LogP contribution in [0.5, 0.6) is 0 Å². The van der Waals surface area contributed by atoms with Crippen LogP contribution >= 0.6 is 12.4 Å². The van der Waals surface area contributed by atoms with E-state index in [0.29, 0.717) is 5.69 Å². The lowest BCUT2D eigenvalue weighted by molar-refractivity contribution is 0.0707. The molecule has 1 aromatic heterocycles. The average Bonchev–Trinajstić information content (AvgIpc) is 3.18. The third-order valence-corrected chi connectivity index (χ3v) is 4.96. The maximum atomic E-state index is 12.9. The number of piperidine rings is 1. The molecule has 0 atom stereocenters. The molecule has 0 unspecified atom stereocenters. The van der Waals surface area contributed by atoms with Gasteiger partial charge in [0.05, 0.1) is 5.69 Å². The van der Waals surface area contributed by atoms with Crippen LogP contribution in [0.15, 0.2) is 30.3 Å². The number of para-hydroxylation sites is 1. The molecule has 0 saturated carbocycles. The number of fused-ring (bicyclic) bond motifs is 1. The quantitative estimate of drug-likeness (QED) is 0.907. The highest BCUT2D eigenvalue weighted by atomic mass is 35.5. The van der Waals surface area contributed by atoms with Crippen LogP contribution < -0.4 is 5.73 Å². The number of benzene rings is 1. The molecule has 2 heterocycles. The van der Waals surface area contributed by atoms with Crippen molar-refractivity contribution >= 4 is 18.3 Å². The molecule has 4 rings (SSSR count). The van der Waals surface area contributed by atoms with Crippen molar-refractivity contribution in [1.29, 1.82) is 0 Å². The lowest BCUT2D eigenvalue weighted by atomic mass is 10.1. The largest absolute Gasteiger partial charge is 0.337 e. The first-order valence-corrected chi connectivity index (χ1v) is 8.45. The first-order chi connectivity index (χ1) is 11.2. The van der Waals surface area contributed by atoms with Gasteiger partial charge in [-0.15, -0.1) is 12.4 Å². The summed E-state index contributed by atoms with van der Waals surface area (Å²) in [5.41, 5.74) is 9.98. The molecule has 1 amide bonds. The van der Waals surface area contributed by atoms with E-state index >= 15 is 0 Å². The minimum absolute atomic E-state index is 0. The Morgan fingerprint density at radius 3 is 2.54 bits per heavy atom. The van der Waals surface area contributed by atoms with Gasteiger partial charge in [-0.25, -0.2) is 4.68 Å². The highest BCUT2D eigenvalue weighted by molar-refractivity contribution is 5.94. The molecule has 2 aliphatic rings. The van der Waals surface area contributed by atoms with Crippen molar-refractivity contribution in [3.05, 3.63) is 47.3 Å². The van der Waals surface area contributed by atoms with Crippen molar-refractivity contribution in [1.82, 2.24) is 14.7 Å². The van der Waals surface area contributed by atoms with Crippen LogP contribution in [0.3, 0.4) is 0 Å². The number of aromatic nitrogens is 2. The molecule has 2 N–H and O–H groups in total. The van der Waals surface area contributed by atoms with Crippen molar-refractivity contribution in [3.63, 3.8) is 0 Å². The molecular formula is C18H23ClN4O. The van der Waals surface area contributed by atoms with Gasteiger partial charge in [0.25, 0.3) is 5.91 Å². The highest BCUT2D eigenvalue weighted by Crippen LogP contribution is 2.29. The summed E-state index contributed by atoms with van der Waals surface area (Å²) in [7, 11) is 0. The van der Waals surface area contributed by atoms with E-state index in [1.165, 1.54) is 5.69 Å². The molecule has 0 radical (unpaired) electrons. The van der Waals surface area contributed by atoms with Gasteiger partial charge in [-0.3, -0.25) is 4.79 Å². The molecule has 1 aromatic carbocycles. The van der Waals surface area contributed by atoms with Gasteiger partial charge in [0.1, 0.15) is 0 Å². The number of carbonyl (C=O) groups is 1. The second-order valence-corrected chi connectivity index (χ2v) is 6.50. The minimum atomic E-state index is 0. The van der Waals surface area contributed by atoms with Crippen LogP contribution in [0.25, 0.3) is 5.69 Å². The number of hydrogen-bond donors (Lipinski definition) is 1. The smallest absolute Gasteiger partial charge is 0.274 e. The monoisotopic (exact) mass is 346 g/mol. The SMILES string of the molecule is Cl.NC1CCN(C(=O)c2nn(-c3ccccc3)c3c2CCC3)CC1. The van der Waals surface area contributed by atoms with Gasteiger partial charge >= 0.3 is 0 Å². The molecule has 128 valence electrons. The first kappa shape index (κ1) is 17.0. The Morgan fingerprint density at radius 2 is 1.83 bits per heavy atom. The van der Waals surface area contributed by atoms with Crippen LogP contribution in [0, 0.1) is 0 Å². The molecule has 1 aliphatic carbocycles. The number of halogens is 1. The first-order valence-electron chi connectivity index (χ1n) is 8.45. The Kier molecular flexibility index (Phi) is 4.92. The second-order valence-electron chi connectivity index (χ2n) is 6.50. The molecule has 0 bridgehead atoms. The number of hydrogen-bond acceptors (Lipinski definition) is 3. The fourth-order valence-electron chi connectivity index (χ4n) is 3.64. The molecule has 1 saturated heterocycles. The fraction of sp³-hybridized carbons (Fsp3) is 0.444. The normalized spacial score (nSPS) is 17.5. The van der Waals surface area contributed by atoms with E-state index in [4.69, 9.17) is 10.8 Å². The Bertz CT molecular complexity index is 720. The van der Waals surface area contributed by atoms with Crippen LogP contribution in [-0.2, 0) is 12.8 Å². The lowest BCUT2D eigenvalue weighted by Gasteiger charge is -2.29. The van der Waals surface area contributed by atoms with E-state index in [-0.39, 0.29) is 24.4 Å². The van der Waals surface area contributed by atoms with Crippen molar-refractivity contribution in [2.75, 3.05) is 13.1 Å². The predicted molar refractivity (Wildman–Crippen MR) is 95.9 cm³/mol. The van der Waals surface area contributed by atoms with Crippen molar-refractivity contribution in [2.45, 2.75) is 38.1 Å². The number of rotatable bonds is 2. The fourth-order valence-corrected chi connectivity index (χ4v) is 3.64. The summed E-state index contributed by atoms with van der Waals surface area (Å²) < 4.78 is 1.96. The summed E-state index contributed by atoms with van der Waals surface area (Å²) in [4.78, 5) is 14.8. The van der Waals surface area contributed by atoms with Crippen LogP contribution in [0.1, 0.15) is 41.0 Å². The van der Waals surface area contributed by atoms with Gasteiger partial charge in [0.15, 0.2) is 5.69 Å². The van der Waals surface area contributed by atoms with E-state index in [2.05, 4.69) is 0 Å². The van der Waals surface area contributed by atoms with E-state index in [1.807, 2.05) is 39.9 Å². The number of nitrogens with two attached hydrogens (primary N) is 1. The molecule has 0 spiro atoms. The van der Waals surface area contributed by atoms with E-state index in [9.17, 15) is 4.79 Å². The van der Waals surface area contributed by atoms with Gasteiger partial charge < -0.3 is 10.6 Å². The van der Waals surface area contributed by atoms with E-state index in [0.717, 1.165) is 56.4 Å². The molecule has 24 heavy (non-hydrogen) atoms. The Labute approximate surface area is 148 Å². The van der Waals surface area contributed by atoms with E-state index in [1.54, 1.807) is 0 Å². The summed E-state index contributed by atoms with van der Waals surface area (Å²) in [6.07, 6.45) is 4.82. The second kappa shape index (κ2) is 6.95. The Morgan fingerprint density at radius 1 is 1.12 bits per heavy atom. The Balaban J connectivity index is 0.00000169. The molecule has 2 aromatic rings. The molecule has 5 nitrogen and oxygen atoms in total. The van der Waals surface area contributed by atoms with Crippen molar-refractivity contribution < 1.29 is 4.79 Å². The van der Waals surface area contributed by atoms with Gasteiger partial charge in [-0.05, 0) is 44.2 Å². The van der Waals surface area contributed by atoms with Gasteiger partial charge in [0.2, 0.25) is 0 Å². The van der Waals surface area contributed by atoms with Gasteiger partial charge in [-0.1, -0.05) is 18.2 Å². The van der Waals surface area contributed by atoms with Crippen molar-refractivity contribution in [2.24, 2.45) is 5.73 Å². The van der Waals surface area contributed by atoms with Crippen molar-refractivity contribution in [3.8, 4) is 5.69 Å². The maximum absolute atomic E-state index is 12.9. The zero-order valence-corrected chi connectivity index (χ0v) is 14.5. The number of amides is 1. The van der Waals surface area contributed by atoms with Crippen LogP contribution in [0.2, 0.25) is 0 Å². The molecule has 1 fully saturated rings. The summed E-state index contributed by atoms with van der Waals surface area (Å²) in [6.45, 7) is 1.49. The predicted octanol–water partition coefficient (Wildman–Crippen LogP) is 2.35. The summed E-state index contributed by atoms with van der Waals surface area (Å²) in [5.74, 6) is 0.0738. The number of nitrogens with zero attached hydrogens (tertiary/aromatic N) is 3. The van der Waals surface area contributed by atoms with Crippen LogP contribution in [0.4, 0.5) is 0 Å². The summed E-state index contributed by atoms with van der Waals surface area (Å²) >= 11 is 0.